The summed E-state index contributed by atoms with van der Waals surface area (Å²) >= 11 is 0. The zero-order valence-corrected chi connectivity index (χ0v) is 20.8. The Balaban J connectivity index is 1.11. The lowest BCUT2D eigenvalue weighted by Crippen LogP contribution is -2.41. The van der Waals surface area contributed by atoms with Crippen LogP contribution in [-0.2, 0) is 13.0 Å². The predicted octanol–water partition coefficient (Wildman–Crippen LogP) is 5.15. The number of fused-ring (bicyclic) bond motifs is 1. The number of hydrogen-bond acceptors (Lipinski definition) is 3. The molecule has 0 amide bonds. The lowest BCUT2D eigenvalue weighted by atomic mass is 9.71. The highest BCUT2D eigenvalue weighted by Gasteiger charge is 2.36. The molecular weight excluding hydrogens is 432 g/mol. The first-order chi connectivity index (χ1) is 17.3. The minimum atomic E-state index is 0.180. The molecule has 0 radical (unpaired) electrons. The van der Waals surface area contributed by atoms with E-state index in [1.807, 2.05) is 4.57 Å². The minimum Gasteiger partial charge on any atom is -0.312 e. The second-order valence-electron chi connectivity index (χ2n) is 11.4. The van der Waals surface area contributed by atoms with Crippen molar-refractivity contribution >= 4 is 11.0 Å². The third-order valence-electron chi connectivity index (χ3n) is 9.30. The fourth-order valence-electron chi connectivity index (χ4n) is 7.43. The summed E-state index contributed by atoms with van der Waals surface area (Å²) in [5, 5.41) is 3.58. The zero-order chi connectivity index (χ0) is 23.4. The number of nitrogens with zero attached hydrogens (tertiary/aromatic N) is 3. The van der Waals surface area contributed by atoms with Crippen molar-refractivity contribution in [3.8, 4) is 0 Å². The first-order valence-electron chi connectivity index (χ1n) is 14.1. The van der Waals surface area contributed by atoms with Gasteiger partial charge in [0.25, 0.3) is 0 Å². The highest BCUT2D eigenvalue weighted by Crippen LogP contribution is 2.47. The Hall–Kier alpha value is -2.37. The van der Waals surface area contributed by atoms with Crippen LogP contribution >= 0.6 is 0 Å². The maximum absolute atomic E-state index is 13.6. The molecule has 2 aromatic carbocycles. The first kappa shape index (κ1) is 21.9. The van der Waals surface area contributed by atoms with Crippen LogP contribution in [0.5, 0.6) is 0 Å². The number of piperidine rings is 1. The van der Waals surface area contributed by atoms with Gasteiger partial charge in [0, 0.05) is 44.3 Å². The van der Waals surface area contributed by atoms with Crippen molar-refractivity contribution in [3.05, 3.63) is 69.6 Å². The molecule has 184 valence electrons. The van der Waals surface area contributed by atoms with E-state index < -0.39 is 0 Å². The number of benzene rings is 2. The van der Waals surface area contributed by atoms with Crippen molar-refractivity contribution in [2.24, 2.45) is 0 Å². The van der Waals surface area contributed by atoms with E-state index in [9.17, 15) is 4.79 Å². The van der Waals surface area contributed by atoms with E-state index in [1.165, 1.54) is 44.9 Å². The summed E-state index contributed by atoms with van der Waals surface area (Å²) in [6.45, 7) is 3.79. The van der Waals surface area contributed by atoms with Gasteiger partial charge in [0.2, 0.25) is 0 Å². The van der Waals surface area contributed by atoms with Gasteiger partial charge >= 0.3 is 5.69 Å². The van der Waals surface area contributed by atoms with Crippen molar-refractivity contribution in [3.63, 3.8) is 0 Å². The highest BCUT2D eigenvalue weighted by molar-refractivity contribution is 5.76. The van der Waals surface area contributed by atoms with E-state index in [-0.39, 0.29) is 5.69 Å². The Morgan fingerprint density at radius 3 is 2.51 bits per heavy atom. The van der Waals surface area contributed by atoms with Gasteiger partial charge in [-0.2, -0.15) is 0 Å². The lowest BCUT2D eigenvalue weighted by molar-refractivity contribution is 0.118. The van der Waals surface area contributed by atoms with Gasteiger partial charge in [-0.3, -0.25) is 14.0 Å². The standard InChI is InChI=1S/C30H38N4O/c35-30-33(20-17-31-23-12-13-23)27-9-1-2-10-28(27)34(30)24-15-18-32(19-16-24)26-14-11-22-6-3-5-21-7-4-8-25(26)29(21)22/h1-2,4,7-10,22-24,26,31H,3,5-6,11-20H2. The summed E-state index contributed by atoms with van der Waals surface area (Å²) in [5.41, 5.74) is 7.32. The van der Waals surface area contributed by atoms with E-state index in [2.05, 4.69) is 57.2 Å². The third kappa shape index (κ3) is 3.88. The molecule has 2 fully saturated rings. The van der Waals surface area contributed by atoms with Gasteiger partial charge in [-0.25, -0.2) is 4.79 Å². The van der Waals surface area contributed by atoms with Crippen molar-refractivity contribution in [2.45, 2.75) is 88.4 Å². The molecule has 35 heavy (non-hydrogen) atoms. The van der Waals surface area contributed by atoms with Crippen LogP contribution in [0.1, 0.15) is 86.1 Å². The largest absolute Gasteiger partial charge is 0.329 e. The molecule has 0 spiro atoms. The van der Waals surface area contributed by atoms with Crippen LogP contribution in [0.4, 0.5) is 0 Å². The molecule has 1 saturated carbocycles. The molecule has 2 heterocycles. The fourth-order valence-corrected chi connectivity index (χ4v) is 7.43. The zero-order valence-electron chi connectivity index (χ0n) is 20.8. The normalized spacial score (nSPS) is 25.1. The summed E-state index contributed by atoms with van der Waals surface area (Å²) in [7, 11) is 0. The topological polar surface area (TPSA) is 42.2 Å². The summed E-state index contributed by atoms with van der Waals surface area (Å²) in [6.07, 6.45) is 11.3. The van der Waals surface area contributed by atoms with Crippen LogP contribution in [-0.4, -0.2) is 39.7 Å². The van der Waals surface area contributed by atoms with E-state index in [0.717, 1.165) is 56.0 Å². The molecule has 5 nitrogen and oxygen atoms in total. The highest BCUT2D eigenvalue weighted by atomic mass is 16.1. The van der Waals surface area contributed by atoms with E-state index >= 15 is 0 Å². The van der Waals surface area contributed by atoms with Gasteiger partial charge in [0.15, 0.2) is 0 Å². The third-order valence-corrected chi connectivity index (χ3v) is 9.30. The Morgan fingerprint density at radius 1 is 0.857 bits per heavy atom. The number of aryl methyl sites for hydroxylation is 1. The molecular formula is C30H38N4O. The molecule has 7 rings (SSSR count). The molecule has 2 unspecified atom stereocenters. The Bertz CT molecular complexity index is 1280. The molecule has 1 N–H and O–H groups in total. The number of rotatable bonds is 6. The van der Waals surface area contributed by atoms with Gasteiger partial charge in [-0.05, 0) is 92.5 Å². The molecule has 3 aliphatic carbocycles. The molecule has 2 atom stereocenters. The average molecular weight is 471 g/mol. The molecule has 1 aliphatic heterocycles. The Labute approximate surface area is 208 Å². The molecule has 0 bridgehead atoms. The van der Waals surface area contributed by atoms with E-state index in [1.54, 1.807) is 16.7 Å². The number of imidazole rings is 1. The van der Waals surface area contributed by atoms with Gasteiger partial charge < -0.3 is 5.32 Å². The molecule has 3 aromatic rings. The summed E-state index contributed by atoms with van der Waals surface area (Å²) in [6, 6.07) is 17.0. The first-order valence-corrected chi connectivity index (χ1v) is 14.1. The number of aromatic nitrogens is 2. The second kappa shape index (κ2) is 8.94. The second-order valence-corrected chi connectivity index (χ2v) is 11.4. The van der Waals surface area contributed by atoms with Gasteiger partial charge in [0.1, 0.15) is 0 Å². The quantitative estimate of drug-likeness (QED) is 0.542. The monoisotopic (exact) mass is 470 g/mol. The Morgan fingerprint density at radius 2 is 1.69 bits per heavy atom. The van der Waals surface area contributed by atoms with Gasteiger partial charge in [-0.1, -0.05) is 30.3 Å². The number of para-hydroxylation sites is 2. The van der Waals surface area contributed by atoms with Crippen molar-refractivity contribution in [2.75, 3.05) is 19.6 Å². The minimum absolute atomic E-state index is 0.180. The van der Waals surface area contributed by atoms with Crippen LogP contribution in [0, 0.1) is 0 Å². The van der Waals surface area contributed by atoms with Crippen molar-refractivity contribution in [1.29, 1.82) is 0 Å². The van der Waals surface area contributed by atoms with Crippen LogP contribution < -0.4 is 11.0 Å². The maximum Gasteiger partial charge on any atom is 0.329 e. The van der Waals surface area contributed by atoms with E-state index in [4.69, 9.17) is 0 Å². The lowest BCUT2D eigenvalue weighted by Gasteiger charge is -2.43. The fraction of sp³-hybridized carbons (Fsp3) is 0.567. The summed E-state index contributed by atoms with van der Waals surface area (Å²) in [4.78, 5) is 16.4. The predicted molar refractivity (Wildman–Crippen MR) is 141 cm³/mol. The van der Waals surface area contributed by atoms with Gasteiger partial charge in [-0.15, -0.1) is 0 Å². The Kier molecular flexibility index (Phi) is 5.58. The van der Waals surface area contributed by atoms with Gasteiger partial charge in [0.05, 0.1) is 11.0 Å². The number of likely N-dealkylation sites (tertiary alicyclic amines) is 1. The maximum atomic E-state index is 13.6. The SMILES string of the molecule is O=c1n(CCNC2CC2)c2ccccc2n1C1CCN(C2CCC3CCCc4cccc2c43)CC1. The molecule has 5 heteroatoms. The average Bonchev–Trinajstić information content (AvgIpc) is 3.68. The molecule has 1 aromatic heterocycles. The number of hydrogen-bond donors (Lipinski definition) is 1. The smallest absolute Gasteiger partial charge is 0.312 e. The van der Waals surface area contributed by atoms with Crippen LogP contribution in [0.25, 0.3) is 11.0 Å². The van der Waals surface area contributed by atoms with Crippen LogP contribution in [0.3, 0.4) is 0 Å². The molecule has 4 aliphatic rings. The number of nitrogens with one attached hydrogen (secondary N) is 1. The van der Waals surface area contributed by atoms with Crippen molar-refractivity contribution in [1.82, 2.24) is 19.4 Å². The summed E-state index contributed by atoms with van der Waals surface area (Å²) in [5.74, 6) is 0.794. The summed E-state index contributed by atoms with van der Waals surface area (Å²) < 4.78 is 4.14. The van der Waals surface area contributed by atoms with Crippen LogP contribution in [0.15, 0.2) is 47.3 Å². The van der Waals surface area contributed by atoms with Crippen molar-refractivity contribution < 1.29 is 0 Å². The van der Waals surface area contributed by atoms with Crippen LogP contribution in [0.2, 0.25) is 0 Å². The van der Waals surface area contributed by atoms with E-state index in [0.29, 0.717) is 18.1 Å². The molecule has 1 saturated heterocycles.